The second-order valence-corrected chi connectivity index (χ2v) is 6.43. The van der Waals surface area contributed by atoms with E-state index in [2.05, 4.69) is 10.6 Å². The summed E-state index contributed by atoms with van der Waals surface area (Å²) in [5.74, 6) is 0.856. The van der Waals surface area contributed by atoms with E-state index in [0.717, 1.165) is 11.4 Å². The Hall–Kier alpha value is -2.68. The van der Waals surface area contributed by atoms with Gasteiger partial charge in [0.15, 0.2) is 5.11 Å². The first kappa shape index (κ1) is 23.6. The largest absolute Gasteiger partial charge is 0.491 e. The van der Waals surface area contributed by atoms with Gasteiger partial charge in [-0.2, -0.15) is 0 Å². The van der Waals surface area contributed by atoms with Crippen LogP contribution in [0.1, 0.15) is 24.2 Å². The summed E-state index contributed by atoms with van der Waals surface area (Å²) in [6.45, 7) is 6.99. The normalized spacial score (nSPS) is 10.3. The number of carbonyl (C=O) groups excluding carboxylic acids is 1. The maximum Gasteiger partial charge on any atom is 0.261 e. The maximum absolute atomic E-state index is 12.6. The van der Waals surface area contributed by atoms with Crippen LogP contribution in [0.25, 0.3) is 0 Å². The molecule has 0 saturated heterocycles. The van der Waals surface area contributed by atoms with Crippen LogP contribution in [0.4, 0.5) is 5.69 Å². The summed E-state index contributed by atoms with van der Waals surface area (Å²) in [5, 5.41) is 5.84. The minimum absolute atomic E-state index is 0.189. The van der Waals surface area contributed by atoms with Crippen molar-refractivity contribution in [1.29, 1.82) is 0 Å². The second kappa shape index (κ2) is 13.5. The van der Waals surface area contributed by atoms with E-state index >= 15 is 0 Å². The third kappa shape index (κ3) is 8.36. The zero-order valence-corrected chi connectivity index (χ0v) is 18.1. The standard InChI is InChI=1S/C22H28N2O5S/c1-3-26-13-15-28-18-11-9-17(10-12-18)23-22(30)24-21(25)19-7-5-6-8-20(19)29-16-14-27-4-2/h5-12H,3-4,13-16H2,1-2H3,(H2,23,24,25,30). The molecule has 0 radical (unpaired) electrons. The van der Waals surface area contributed by atoms with E-state index in [1.165, 1.54) is 0 Å². The number of para-hydroxylation sites is 1. The van der Waals surface area contributed by atoms with Gasteiger partial charge < -0.3 is 24.3 Å². The zero-order chi connectivity index (χ0) is 21.6. The predicted octanol–water partition coefficient (Wildman–Crippen LogP) is 3.64. The lowest BCUT2D eigenvalue weighted by Gasteiger charge is -2.13. The molecule has 0 spiro atoms. The van der Waals surface area contributed by atoms with Crippen LogP contribution >= 0.6 is 12.2 Å². The van der Waals surface area contributed by atoms with Crippen LogP contribution in [0.3, 0.4) is 0 Å². The molecule has 162 valence electrons. The fourth-order valence-corrected chi connectivity index (χ4v) is 2.68. The number of thiocarbonyl (C=S) groups is 1. The molecular weight excluding hydrogens is 404 g/mol. The summed E-state index contributed by atoms with van der Waals surface area (Å²) in [5.41, 5.74) is 1.13. The van der Waals surface area contributed by atoms with Gasteiger partial charge in [-0.05, 0) is 62.5 Å². The Morgan fingerprint density at radius 2 is 1.50 bits per heavy atom. The topological polar surface area (TPSA) is 78.1 Å². The number of carbonyl (C=O) groups is 1. The van der Waals surface area contributed by atoms with Crippen molar-refractivity contribution in [3.05, 3.63) is 54.1 Å². The Balaban J connectivity index is 1.85. The van der Waals surface area contributed by atoms with Gasteiger partial charge in [-0.3, -0.25) is 10.1 Å². The minimum Gasteiger partial charge on any atom is -0.491 e. The summed E-state index contributed by atoms with van der Waals surface area (Å²) in [6.07, 6.45) is 0. The lowest BCUT2D eigenvalue weighted by molar-refractivity contribution is 0.0958. The number of amides is 1. The van der Waals surface area contributed by atoms with E-state index < -0.39 is 0 Å². The van der Waals surface area contributed by atoms with Gasteiger partial charge in [0.2, 0.25) is 0 Å². The van der Waals surface area contributed by atoms with Gasteiger partial charge in [0, 0.05) is 18.9 Å². The molecule has 0 aliphatic heterocycles. The number of benzene rings is 2. The summed E-state index contributed by atoms with van der Waals surface area (Å²) >= 11 is 5.26. The number of anilines is 1. The second-order valence-electron chi connectivity index (χ2n) is 6.02. The van der Waals surface area contributed by atoms with E-state index in [9.17, 15) is 4.79 Å². The molecule has 30 heavy (non-hydrogen) atoms. The average molecular weight is 433 g/mol. The summed E-state index contributed by atoms with van der Waals surface area (Å²) in [7, 11) is 0. The molecule has 2 N–H and O–H groups in total. The van der Waals surface area contributed by atoms with Gasteiger partial charge in [0.25, 0.3) is 5.91 Å². The zero-order valence-electron chi connectivity index (χ0n) is 17.3. The number of nitrogens with one attached hydrogen (secondary N) is 2. The van der Waals surface area contributed by atoms with E-state index in [-0.39, 0.29) is 11.0 Å². The van der Waals surface area contributed by atoms with Crippen molar-refractivity contribution in [3.8, 4) is 11.5 Å². The predicted molar refractivity (Wildman–Crippen MR) is 121 cm³/mol. The van der Waals surface area contributed by atoms with Crippen LogP contribution in [0, 0.1) is 0 Å². The van der Waals surface area contributed by atoms with Crippen LogP contribution in [0.5, 0.6) is 11.5 Å². The van der Waals surface area contributed by atoms with Gasteiger partial charge in [-0.15, -0.1) is 0 Å². The monoisotopic (exact) mass is 432 g/mol. The first-order valence-electron chi connectivity index (χ1n) is 9.86. The molecule has 0 aliphatic carbocycles. The Labute approximate surface area is 182 Å². The van der Waals surface area contributed by atoms with Crippen molar-refractivity contribution >= 4 is 28.9 Å². The van der Waals surface area contributed by atoms with Crippen LogP contribution in [-0.2, 0) is 9.47 Å². The van der Waals surface area contributed by atoms with Crippen molar-refractivity contribution < 1.29 is 23.7 Å². The van der Waals surface area contributed by atoms with Crippen molar-refractivity contribution in [3.63, 3.8) is 0 Å². The highest BCUT2D eigenvalue weighted by Gasteiger charge is 2.13. The molecule has 0 aromatic heterocycles. The Kier molecular flexibility index (Phi) is 10.6. The fourth-order valence-electron chi connectivity index (χ4n) is 2.47. The molecule has 0 bridgehead atoms. The molecule has 1 amide bonds. The van der Waals surface area contributed by atoms with Gasteiger partial charge in [0.05, 0.1) is 18.8 Å². The van der Waals surface area contributed by atoms with Crippen LogP contribution < -0.4 is 20.1 Å². The first-order chi connectivity index (χ1) is 14.6. The van der Waals surface area contributed by atoms with E-state index in [1.807, 2.05) is 38.1 Å². The highest BCUT2D eigenvalue weighted by molar-refractivity contribution is 7.80. The quantitative estimate of drug-likeness (QED) is 0.392. The number of hydrogen-bond donors (Lipinski definition) is 2. The average Bonchev–Trinajstić information content (AvgIpc) is 2.75. The molecule has 0 fully saturated rings. The Bertz CT molecular complexity index is 798. The lowest BCUT2D eigenvalue weighted by Crippen LogP contribution is -2.34. The van der Waals surface area contributed by atoms with Crippen LogP contribution in [0.15, 0.2) is 48.5 Å². The number of hydrogen-bond acceptors (Lipinski definition) is 6. The molecule has 0 atom stereocenters. The molecular formula is C22H28N2O5S. The minimum atomic E-state index is -0.351. The molecule has 2 aromatic rings. The smallest absolute Gasteiger partial charge is 0.261 e. The van der Waals surface area contributed by atoms with Gasteiger partial charge >= 0.3 is 0 Å². The molecule has 0 heterocycles. The highest BCUT2D eigenvalue weighted by atomic mass is 32.1. The Morgan fingerprint density at radius 3 is 2.17 bits per heavy atom. The number of ether oxygens (including phenoxy) is 4. The fraction of sp³-hybridized carbons (Fsp3) is 0.364. The lowest BCUT2D eigenvalue weighted by atomic mass is 10.2. The molecule has 0 saturated carbocycles. The third-order valence-electron chi connectivity index (χ3n) is 3.86. The van der Waals surface area contributed by atoms with Crippen molar-refractivity contribution in [2.24, 2.45) is 0 Å². The first-order valence-corrected chi connectivity index (χ1v) is 10.3. The van der Waals surface area contributed by atoms with E-state index in [4.69, 9.17) is 31.2 Å². The SMILES string of the molecule is CCOCCOc1ccc(NC(=S)NC(=O)c2ccccc2OCCOCC)cc1. The highest BCUT2D eigenvalue weighted by Crippen LogP contribution is 2.18. The molecule has 0 aliphatic rings. The summed E-state index contributed by atoms with van der Waals surface area (Å²) in [4.78, 5) is 12.6. The van der Waals surface area contributed by atoms with E-state index in [0.29, 0.717) is 51.0 Å². The van der Waals surface area contributed by atoms with Crippen molar-refractivity contribution in [2.45, 2.75) is 13.8 Å². The van der Waals surface area contributed by atoms with Crippen LogP contribution in [0.2, 0.25) is 0 Å². The summed E-state index contributed by atoms with van der Waals surface area (Å²) in [6, 6.07) is 14.3. The van der Waals surface area contributed by atoms with Crippen molar-refractivity contribution in [1.82, 2.24) is 5.32 Å². The third-order valence-corrected chi connectivity index (χ3v) is 4.06. The number of rotatable bonds is 12. The molecule has 0 unspecified atom stereocenters. The molecule has 2 aromatic carbocycles. The van der Waals surface area contributed by atoms with Gasteiger partial charge in [-0.25, -0.2) is 0 Å². The molecule has 8 heteroatoms. The van der Waals surface area contributed by atoms with Gasteiger partial charge in [0.1, 0.15) is 24.7 Å². The molecule has 7 nitrogen and oxygen atoms in total. The molecule has 2 rings (SSSR count). The Morgan fingerprint density at radius 1 is 0.867 bits per heavy atom. The van der Waals surface area contributed by atoms with Gasteiger partial charge in [-0.1, -0.05) is 12.1 Å². The van der Waals surface area contributed by atoms with Crippen molar-refractivity contribution in [2.75, 3.05) is 45.0 Å². The van der Waals surface area contributed by atoms with Crippen LogP contribution in [-0.4, -0.2) is 50.7 Å². The maximum atomic E-state index is 12.6. The summed E-state index contributed by atoms with van der Waals surface area (Å²) < 4.78 is 21.7. The van der Waals surface area contributed by atoms with E-state index in [1.54, 1.807) is 24.3 Å².